The first-order chi connectivity index (χ1) is 13.6. The molecule has 1 saturated heterocycles. The van der Waals surface area contributed by atoms with E-state index in [0.717, 1.165) is 5.52 Å². The number of hydrogen-bond acceptors (Lipinski definition) is 6. The van der Waals surface area contributed by atoms with Crippen LogP contribution in [0.15, 0.2) is 46.9 Å². The first-order valence-corrected chi connectivity index (χ1v) is 10.0. The van der Waals surface area contributed by atoms with Crippen LogP contribution in [-0.2, 0) is 16.1 Å². The normalized spacial score (nSPS) is 15.8. The third-order valence-electron chi connectivity index (χ3n) is 4.74. The summed E-state index contributed by atoms with van der Waals surface area (Å²) in [4.78, 5) is 27.4. The van der Waals surface area contributed by atoms with Gasteiger partial charge in [0.1, 0.15) is 0 Å². The lowest BCUT2D eigenvalue weighted by atomic mass is 10.2. The van der Waals surface area contributed by atoms with Crippen LogP contribution < -0.4 is 5.56 Å². The second-order valence-electron chi connectivity index (χ2n) is 6.54. The topological polar surface area (TPSA) is 81.7 Å². The van der Waals surface area contributed by atoms with Gasteiger partial charge in [-0.05, 0) is 19.1 Å². The molecule has 1 atom stereocenters. The van der Waals surface area contributed by atoms with Gasteiger partial charge in [-0.15, -0.1) is 16.8 Å². The van der Waals surface area contributed by atoms with Gasteiger partial charge in [-0.1, -0.05) is 30.0 Å². The van der Waals surface area contributed by atoms with E-state index >= 15 is 0 Å². The van der Waals surface area contributed by atoms with Crippen molar-refractivity contribution in [3.05, 3.63) is 47.3 Å². The number of thioether (sulfide) groups is 1. The highest BCUT2D eigenvalue weighted by atomic mass is 32.2. The molecule has 9 heteroatoms. The number of allylic oxidation sites excluding steroid dienone is 1. The Bertz CT molecular complexity index is 1100. The van der Waals surface area contributed by atoms with Gasteiger partial charge in [-0.3, -0.25) is 18.6 Å². The molecule has 0 N–H and O–H groups in total. The molecule has 2 aromatic heterocycles. The smallest absolute Gasteiger partial charge is 0.263 e. The average Bonchev–Trinajstić information content (AvgIpc) is 3.14. The van der Waals surface area contributed by atoms with Gasteiger partial charge in [-0.25, -0.2) is 0 Å². The van der Waals surface area contributed by atoms with Crippen molar-refractivity contribution in [2.75, 3.05) is 26.3 Å². The van der Waals surface area contributed by atoms with Gasteiger partial charge in [0.25, 0.3) is 5.56 Å². The van der Waals surface area contributed by atoms with Crippen LogP contribution in [0.2, 0.25) is 0 Å². The minimum absolute atomic E-state index is 0.0498. The summed E-state index contributed by atoms with van der Waals surface area (Å²) in [5.41, 5.74) is 0.589. The van der Waals surface area contributed by atoms with Gasteiger partial charge in [0, 0.05) is 19.6 Å². The van der Waals surface area contributed by atoms with Gasteiger partial charge in [0.05, 0.1) is 29.4 Å². The number of rotatable bonds is 5. The highest BCUT2D eigenvalue weighted by molar-refractivity contribution is 8.00. The molecule has 28 heavy (non-hydrogen) atoms. The fraction of sp³-hybridized carbons (Fsp3) is 0.368. The van der Waals surface area contributed by atoms with Crippen molar-refractivity contribution in [1.82, 2.24) is 24.1 Å². The van der Waals surface area contributed by atoms with Crippen LogP contribution in [0.25, 0.3) is 16.7 Å². The Hall–Kier alpha value is -2.65. The fourth-order valence-corrected chi connectivity index (χ4v) is 4.29. The quantitative estimate of drug-likeness (QED) is 0.479. The number of nitrogens with zero attached hydrogens (tertiary/aromatic N) is 5. The summed E-state index contributed by atoms with van der Waals surface area (Å²) in [5, 5.41) is 9.35. The zero-order valence-corrected chi connectivity index (χ0v) is 16.4. The molecule has 1 amide bonds. The summed E-state index contributed by atoms with van der Waals surface area (Å²) in [6, 6.07) is 7.35. The molecule has 146 valence electrons. The van der Waals surface area contributed by atoms with Gasteiger partial charge in [-0.2, -0.15) is 0 Å². The Kier molecular flexibility index (Phi) is 5.19. The third-order valence-corrected chi connectivity index (χ3v) is 5.77. The predicted octanol–water partition coefficient (Wildman–Crippen LogP) is 1.57. The molecular weight excluding hydrogens is 378 g/mol. The van der Waals surface area contributed by atoms with E-state index in [1.807, 2.05) is 34.4 Å². The number of aromatic nitrogens is 4. The summed E-state index contributed by atoms with van der Waals surface area (Å²) in [6.07, 6.45) is 1.66. The number of hydrogen-bond donors (Lipinski definition) is 0. The van der Waals surface area contributed by atoms with Crippen LogP contribution in [0, 0.1) is 0 Å². The number of para-hydroxylation sites is 1. The molecule has 4 rings (SSSR count). The monoisotopic (exact) mass is 399 g/mol. The lowest BCUT2D eigenvalue weighted by molar-refractivity contribution is -0.134. The molecule has 1 unspecified atom stereocenters. The molecule has 1 aliphatic rings. The predicted molar refractivity (Wildman–Crippen MR) is 108 cm³/mol. The van der Waals surface area contributed by atoms with Crippen LogP contribution in [0.3, 0.4) is 0 Å². The molecular formula is C19H21N5O3S. The zero-order valence-electron chi connectivity index (χ0n) is 15.6. The SMILES string of the molecule is C=CCn1c(=O)c2ccccc2n2c(SC(C)C(=O)N3CCOCC3)nnc12. The maximum atomic E-state index is 12.8. The average molecular weight is 399 g/mol. The molecule has 8 nitrogen and oxygen atoms in total. The summed E-state index contributed by atoms with van der Waals surface area (Å²) in [5.74, 6) is 0.492. The Morgan fingerprint density at radius 3 is 2.82 bits per heavy atom. The van der Waals surface area contributed by atoms with E-state index in [-0.39, 0.29) is 16.7 Å². The number of amides is 1. The van der Waals surface area contributed by atoms with Gasteiger partial charge in [0.15, 0.2) is 5.16 Å². The number of carbonyl (C=O) groups is 1. The molecule has 3 aromatic rings. The summed E-state index contributed by atoms with van der Waals surface area (Å²) in [6.45, 7) is 8.27. The van der Waals surface area contributed by atoms with Crippen molar-refractivity contribution >= 4 is 34.3 Å². The van der Waals surface area contributed by atoms with Crippen molar-refractivity contribution in [3.63, 3.8) is 0 Å². The largest absolute Gasteiger partial charge is 0.378 e. The third kappa shape index (κ3) is 3.20. The van der Waals surface area contributed by atoms with Crippen molar-refractivity contribution in [3.8, 4) is 0 Å². The first-order valence-electron chi connectivity index (χ1n) is 9.12. The Morgan fingerprint density at radius 2 is 2.07 bits per heavy atom. The molecule has 0 saturated carbocycles. The van der Waals surface area contributed by atoms with Crippen molar-refractivity contribution in [2.45, 2.75) is 23.9 Å². The molecule has 3 heterocycles. The van der Waals surface area contributed by atoms with Gasteiger partial charge < -0.3 is 9.64 Å². The Balaban J connectivity index is 1.77. The van der Waals surface area contributed by atoms with E-state index in [9.17, 15) is 9.59 Å². The van der Waals surface area contributed by atoms with Crippen LogP contribution >= 0.6 is 11.8 Å². The van der Waals surface area contributed by atoms with Gasteiger partial charge in [0.2, 0.25) is 11.7 Å². The molecule has 0 radical (unpaired) electrons. The van der Waals surface area contributed by atoms with E-state index < -0.39 is 0 Å². The van der Waals surface area contributed by atoms with Crippen LogP contribution in [0.5, 0.6) is 0 Å². The van der Waals surface area contributed by atoms with Gasteiger partial charge >= 0.3 is 0 Å². The summed E-state index contributed by atoms with van der Waals surface area (Å²) in [7, 11) is 0. The van der Waals surface area contributed by atoms with Crippen molar-refractivity contribution in [2.24, 2.45) is 0 Å². The standard InChI is InChI=1S/C19H21N5O3S/c1-3-8-23-17(26)14-6-4-5-7-15(14)24-18(23)20-21-19(24)28-13(2)16(25)22-9-11-27-12-10-22/h3-7,13H,1,8-12H2,2H3. The van der Waals surface area contributed by atoms with Crippen molar-refractivity contribution in [1.29, 1.82) is 0 Å². The maximum absolute atomic E-state index is 12.8. The van der Waals surface area contributed by atoms with Crippen molar-refractivity contribution < 1.29 is 9.53 Å². The van der Waals surface area contributed by atoms with Crippen LogP contribution in [-0.4, -0.2) is 61.5 Å². The molecule has 0 spiro atoms. The van der Waals surface area contributed by atoms with E-state index in [2.05, 4.69) is 16.8 Å². The fourth-order valence-electron chi connectivity index (χ4n) is 3.35. The molecule has 1 fully saturated rings. The maximum Gasteiger partial charge on any atom is 0.263 e. The second kappa shape index (κ2) is 7.76. The number of morpholine rings is 1. The molecule has 1 aromatic carbocycles. The highest BCUT2D eigenvalue weighted by Crippen LogP contribution is 2.26. The molecule has 0 bridgehead atoms. The lowest BCUT2D eigenvalue weighted by Gasteiger charge is -2.28. The zero-order chi connectivity index (χ0) is 19.7. The van der Waals surface area contributed by atoms with E-state index in [1.165, 1.54) is 11.8 Å². The molecule has 1 aliphatic heterocycles. The van der Waals surface area contributed by atoms with Crippen LogP contribution in [0.4, 0.5) is 0 Å². The summed E-state index contributed by atoms with van der Waals surface area (Å²) < 4.78 is 8.70. The minimum Gasteiger partial charge on any atom is -0.378 e. The van der Waals surface area contributed by atoms with E-state index in [4.69, 9.17) is 4.74 Å². The number of carbonyl (C=O) groups excluding carboxylic acids is 1. The van der Waals surface area contributed by atoms with E-state index in [0.29, 0.717) is 49.2 Å². The van der Waals surface area contributed by atoms with E-state index in [1.54, 1.807) is 16.7 Å². The molecule has 0 aliphatic carbocycles. The highest BCUT2D eigenvalue weighted by Gasteiger charge is 2.26. The number of benzene rings is 1. The minimum atomic E-state index is -0.330. The summed E-state index contributed by atoms with van der Waals surface area (Å²) >= 11 is 1.35. The van der Waals surface area contributed by atoms with Crippen LogP contribution in [0.1, 0.15) is 6.92 Å². The second-order valence-corrected chi connectivity index (χ2v) is 7.85. The first kappa shape index (κ1) is 18.7. The lowest BCUT2D eigenvalue weighted by Crippen LogP contribution is -2.44. The number of fused-ring (bicyclic) bond motifs is 3. The number of ether oxygens (including phenoxy) is 1. The Morgan fingerprint density at radius 1 is 1.32 bits per heavy atom. The Labute approximate surface area is 165 Å².